The number of carbonyl (C=O) groups excluding carboxylic acids is 1. The standard InChI is InChI=1S/C19H21N3O5/c1-24-16-9-12(10-17(25-2)18(16)26-3)6-7-20-19(23)14-11-13(21-22-14)15-5-4-8-27-15/h4-5,8-11H,6-7H2,1-3H3,(H,20,23)(H,21,22). The van der Waals surface area contributed by atoms with Crippen LogP contribution in [0.15, 0.2) is 41.0 Å². The third kappa shape index (κ3) is 4.05. The van der Waals surface area contributed by atoms with Crippen molar-refractivity contribution in [2.45, 2.75) is 6.42 Å². The molecule has 0 spiro atoms. The second kappa shape index (κ2) is 8.31. The quantitative estimate of drug-likeness (QED) is 0.632. The van der Waals surface area contributed by atoms with Crippen molar-refractivity contribution in [3.8, 4) is 28.7 Å². The molecule has 0 atom stereocenters. The van der Waals surface area contributed by atoms with Gasteiger partial charge in [-0.1, -0.05) is 0 Å². The van der Waals surface area contributed by atoms with Crippen LogP contribution in [0.4, 0.5) is 0 Å². The van der Waals surface area contributed by atoms with Crippen molar-refractivity contribution >= 4 is 5.91 Å². The van der Waals surface area contributed by atoms with E-state index in [1.54, 1.807) is 45.8 Å². The molecule has 0 aliphatic heterocycles. The zero-order chi connectivity index (χ0) is 19.2. The third-order valence-electron chi connectivity index (χ3n) is 4.02. The molecule has 0 bridgehead atoms. The number of ether oxygens (including phenoxy) is 3. The van der Waals surface area contributed by atoms with Crippen LogP contribution in [-0.2, 0) is 6.42 Å². The van der Waals surface area contributed by atoms with Gasteiger partial charge in [0.05, 0.1) is 27.6 Å². The number of nitrogens with zero attached hydrogens (tertiary/aromatic N) is 1. The maximum atomic E-state index is 12.3. The Balaban J connectivity index is 1.62. The predicted molar refractivity (Wildman–Crippen MR) is 98.4 cm³/mol. The first kappa shape index (κ1) is 18.4. The first-order chi connectivity index (χ1) is 13.2. The van der Waals surface area contributed by atoms with Crippen LogP contribution in [0.1, 0.15) is 16.1 Å². The molecule has 0 fully saturated rings. The molecule has 1 amide bonds. The zero-order valence-corrected chi connectivity index (χ0v) is 15.4. The molecule has 0 radical (unpaired) electrons. The molecule has 8 heteroatoms. The van der Waals surface area contributed by atoms with Gasteiger partial charge in [-0.15, -0.1) is 0 Å². The fraction of sp³-hybridized carbons (Fsp3) is 0.263. The summed E-state index contributed by atoms with van der Waals surface area (Å²) < 4.78 is 21.3. The van der Waals surface area contributed by atoms with Crippen LogP contribution in [0.3, 0.4) is 0 Å². The number of rotatable bonds is 8. The van der Waals surface area contributed by atoms with E-state index in [1.165, 1.54) is 0 Å². The van der Waals surface area contributed by atoms with Crippen LogP contribution in [0.5, 0.6) is 17.2 Å². The number of amides is 1. The van der Waals surface area contributed by atoms with Crippen molar-refractivity contribution in [2.75, 3.05) is 27.9 Å². The normalized spacial score (nSPS) is 10.5. The second-order valence-corrected chi connectivity index (χ2v) is 5.68. The monoisotopic (exact) mass is 371 g/mol. The Morgan fingerprint density at radius 1 is 1.15 bits per heavy atom. The fourth-order valence-electron chi connectivity index (χ4n) is 2.69. The van der Waals surface area contributed by atoms with Gasteiger partial charge in [-0.2, -0.15) is 5.10 Å². The van der Waals surface area contributed by atoms with Crippen LogP contribution in [0.2, 0.25) is 0 Å². The molecule has 0 unspecified atom stereocenters. The molecule has 2 heterocycles. The maximum absolute atomic E-state index is 12.3. The van der Waals surface area contributed by atoms with E-state index in [0.717, 1.165) is 5.56 Å². The number of hydrogen-bond donors (Lipinski definition) is 2. The van der Waals surface area contributed by atoms with Gasteiger partial charge in [0.2, 0.25) is 5.75 Å². The highest BCUT2D eigenvalue weighted by Crippen LogP contribution is 2.38. The van der Waals surface area contributed by atoms with Crippen molar-refractivity contribution in [3.05, 3.63) is 47.9 Å². The second-order valence-electron chi connectivity index (χ2n) is 5.68. The number of hydrogen-bond acceptors (Lipinski definition) is 6. The molecule has 0 aliphatic rings. The van der Waals surface area contributed by atoms with Gasteiger partial charge in [0, 0.05) is 12.6 Å². The molecule has 27 heavy (non-hydrogen) atoms. The number of aromatic amines is 1. The van der Waals surface area contributed by atoms with Crippen LogP contribution in [0, 0.1) is 0 Å². The minimum absolute atomic E-state index is 0.267. The molecular weight excluding hydrogens is 350 g/mol. The summed E-state index contributed by atoms with van der Waals surface area (Å²) in [5.41, 5.74) is 1.89. The van der Waals surface area contributed by atoms with Gasteiger partial charge in [-0.3, -0.25) is 9.89 Å². The van der Waals surface area contributed by atoms with Crippen molar-refractivity contribution in [1.29, 1.82) is 0 Å². The summed E-state index contributed by atoms with van der Waals surface area (Å²) in [5, 5.41) is 9.65. The van der Waals surface area contributed by atoms with Crippen LogP contribution in [0.25, 0.3) is 11.5 Å². The molecule has 0 saturated heterocycles. The summed E-state index contributed by atoms with van der Waals surface area (Å²) in [6.07, 6.45) is 2.16. The minimum atomic E-state index is -0.267. The molecule has 8 nitrogen and oxygen atoms in total. The molecule has 1 aromatic carbocycles. The lowest BCUT2D eigenvalue weighted by atomic mass is 10.1. The van der Waals surface area contributed by atoms with Gasteiger partial charge in [0.1, 0.15) is 5.69 Å². The molecule has 142 valence electrons. The van der Waals surface area contributed by atoms with E-state index in [1.807, 2.05) is 12.1 Å². The molecule has 0 aliphatic carbocycles. The van der Waals surface area contributed by atoms with Crippen molar-refractivity contribution in [1.82, 2.24) is 15.5 Å². The summed E-state index contributed by atoms with van der Waals surface area (Å²) >= 11 is 0. The Bertz CT molecular complexity index is 877. The lowest BCUT2D eigenvalue weighted by molar-refractivity contribution is 0.0949. The molecule has 3 rings (SSSR count). The largest absolute Gasteiger partial charge is 0.493 e. The van der Waals surface area contributed by atoms with Crippen LogP contribution in [-0.4, -0.2) is 44.0 Å². The summed E-state index contributed by atoms with van der Waals surface area (Å²) in [4.78, 5) is 12.3. The third-order valence-corrected chi connectivity index (χ3v) is 4.02. The first-order valence-electron chi connectivity index (χ1n) is 8.32. The number of nitrogens with one attached hydrogen (secondary N) is 2. The molecular formula is C19H21N3O5. The van der Waals surface area contributed by atoms with Gasteiger partial charge >= 0.3 is 0 Å². The van der Waals surface area contributed by atoms with E-state index < -0.39 is 0 Å². The average molecular weight is 371 g/mol. The number of H-pyrrole nitrogens is 1. The number of benzene rings is 1. The van der Waals surface area contributed by atoms with Crippen molar-refractivity contribution < 1.29 is 23.4 Å². The minimum Gasteiger partial charge on any atom is -0.493 e. The van der Waals surface area contributed by atoms with Crippen molar-refractivity contribution in [2.24, 2.45) is 0 Å². The highest BCUT2D eigenvalue weighted by atomic mass is 16.5. The smallest absolute Gasteiger partial charge is 0.271 e. The SMILES string of the molecule is COc1cc(CCNC(=O)c2cc(-c3ccco3)[nH]n2)cc(OC)c1OC. The van der Waals surface area contributed by atoms with E-state index in [4.69, 9.17) is 18.6 Å². The van der Waals surface area contributed by atoms with Gasteiger partial charge < -0.3 is 23.9 Å². The lowest BCUT2D eigenvalue weighted by Gasteiger charge is -2.14. The van der Waals surface area contributed by atoms with E-state index in [0.29, 0.717) is 47.4 Å². The average Bonchev–Trinajstić information content (AvgIpc) is 3.38. The summed E-state index contributed by atoms with van der Waals surface area (Å²) in [6.45, 7) is 0.431. The van der Waals surface area contributed by atoms with E-state index in [-0.39, 0.29) is 5.91 Å². The molecule has 3 aromatic rings. The Morgan fingerprint density at radius 2 is 1.89 bits per heavy atom. The van der Waals surface area contributed by atoms with Crippen molar-refractivity contribution in [3.63, 3.8) is 0 Å². The Kier molecular flexibility index (Phi) is 5.65. The number of furan rings is 1. The molecule has 2 N–H and O–H groups in total. The van der Waals surface area contributed by atoms with Gasteiger partial charge in [-0.05, 0) is 36.2 Å². The number of aromatic nitrogens is 2. The predicted octanol–water partition coefficient (Wildman–Crippen LogP) is 2.67. The Hall–Kier alpha value is -3.42. The Labute approximate surface area is 156 Å². The Morgan fingerprint density at radius 3 is 2.48 bits per heavy atom. The van der Waals surface area contributed by atoms with Gasteiger partial charge in [0.15, 0.2) is 23.0 Å². The summed E-state index contributed by atoms with van der Waals surface area (Å²) in [5.74, 6) is 2.05. The summed E-state index contributed by atoms with van der Waals surface area (Å²) in [6, 6.07) is 8.93. The molecule has 0 saturated carbocycles. The van der Waals surface area contributed by atoms with Crippen LogP contribution >= 0.6 is 0 Å². The zero-order valence-electron chi connectivity index (χ0n) is 15.4. The molecule has 2 aromatic heterocycles. The van der Waals surface area contributed by atoms with Gasteiger partial charge in [0.25, 0.3) is 5.91 Å². The van der Waals surface area contributed by atoms with Gasteiger partial charge in [-0.25, -0.2) is 0 Å². The van der Waals surface area contributed by atoms with E-state index >= 15 is 0 Å². The summed E-state index contributed by atoms with van der Waals surface area (Å²) in [7, 11) is 4.69. The van der Waals surface area contributed by atoms with E-state index in [2.05, 4.69) is 15.5 Å². The number of methoxy groups -OCH3 is 3. The lowest BCUT2D eigenvalue weighted by Crippen LogP contribution is -2.26. The highest BCUT2D eigenvalue weighted by Gasteiger charge is 2.15. The van der Waals surface area contributed by atoms with E-state index in [9.17, 15) is 4.79 Å². The number of carbonyl (C=O) groups is 1. The topological polar surface area (TPSA) is 98.6 Å². The highest BCUT2D eigenvalue weighted by molar-refractivity contribution is 5.93. The fourth-order valence-corrected chi connectivity index (χ4v) is 2.69. The maximum Gasteiger partial charge on any atom is 0.271 e. The first-order valence-corrected chi connectivity index (χ1v) is 8.32. The van der Waals surface area contributed by atoms with Crippen LogP contribution < -0.4 is 19.5 Å².